The summed E-state index contributed by atoms with van der Waals surface area (Å²) in [6, 6.07) is 6.20. The third-order valence-electron chi connectivity index (χ3n) is 2.43. The number of pyridine rings is 1. The van der Waals surface area contributed by atoms with E-state index in [1.807, 2.05) is 19.3 Å². The number of hydrogen-bond acceptors (Lipinski definition) is 4. The van der Waals surface area contributed by atoms with Crippen LogP contribution in [0.5, 0.6) is 0 Å². The van der Waals surface area contributed by atoms with E-state index in [1.165, 1.54) is 0 Å². The number of nitrogens with zero attached hydrogens (tertiary/aromatic N) is 3. The van der Waals surface area contributed by atoms with Gasteiger partial charge < -0.3 is 5.32 Å². The average Bonchev–Trinajstić information content (AvgIpc) is 2.34. The Morgan fingerprint density at radius 1 is 1.53 bits per heavy atom. The van der Waals surface area contributed by atoms with Gasteiger partial charge in [0.15, 0.2) is 0 Å². The van der Waals surface area contributed by atoms with Gasteiger partial charge in [-0.25, -0.2) is 0 Å². The number of hydrogen-bond donors (Lipinski definition) is 1. The van der Waals surface area contributed by atoms with E-state index < -0.39 is 0 Å². The molecule has 0 radical (unpaired) electrons. The molecule has 1 heterocycles. The smallest absolute Gasteiger partial charge is 0.0635 e. The third-order valence-corrected chi connectivity index (χ3v) is 2.43. The van der Waals surface area contributed by atoms with Crippen LogP contribution in [0.3, 0.4) is 0 Å². The molecule has 0 fully saturated rings. The van der Waals surface area contributed by atoms with E-state index in [0.717, 1.165) is 37.4 Å². The average molecular weight is 232 g/mol. The van der Waals surface area contributed by atoms with Crippen LogP contribution in [0.25, 0.3) is 0 Å². The Kier molecular flexibility index (Phi) is 6.05. The van der Waals surface area contributed by atoms with Crippen molar-refractivity contribution < 1.29 is 0 Å². The van der Waals surface area contributed by atoms with Gasteiger partial charge in [-0.15, -0.1) is 0 Å². The lowest BCUT2D eigenvalue weighted by Gasteiger charge is -2.14. The van der Waals surface area contributed by atoms with Gasteiger partial charge in [-0.2, -0.15) is 5.26 Å². The van der Waals surface area contributed by atoms with E-state index in [9.17, 15) is 0 Å². The van der Waals surface area contributed by atoms with Crippen molar-refractivity contribution in [2.45, 2.75) is 26.3 Å². The second-order valence-electron chi connectivity index (χ2n) is 4.11. The highest BCUT2D eigenvalue weighted by atomic mass is 15.1. The van der Waals surface area contributed by atoms with Crippen LogP contribution in [-0.2, 0) is 6.54 Å². The molecule has 92 valence electrons. The van der Waals surface area contributed by atoms with Crippen molar-refractivity contribution in [3.63, 3.8) is 0 Å². The largest absolute Gasteiger partial charge is 0.385 e. The molecule has 17 heavy (non-hydrogen) atoms. The molecule has 0 aliphatic rings. The fraction of sp³-hybridized carbons (Fsp3) is 0.538. The van der Waals surface area contributed by atoms with E-state index >= 15 is 0 Å². The molecule has 0 aliphatic heterocycles. The van der Waals surface area contributed by atoms with Crippen LogP contribution in [0.2, 0.25) is 0 Å². The lowest BCUT2D eigenvalue weighted by Crippen LogP contribution is -2.19. The molecular formula is C13H20N4. The number of rotatable bonds is 7. The predicted molar refractivity (Wildman–Crippen MR) is 69.6 cm³/mol. The van der Waals surface area contributed by atoms with E-state index in [-0.39, 0.29) is 0 Å². The molecule has 1 rings (SSSR count). The Balaban J connectivity index is 2.50. The fourth-order valence-electron chi connectivity index (χ4n) is 1.54. The lowest BCUT2D eigenvalue weighted by molar-refractivity contribution is 0.331. The second kappa shape index (κ2) is 7.64. The number of anilines is 1. The van der Waals surface area contributed by atoms with Gasteiger partial charge in [-0.05, 0) is 25.6 Å². The normalized spacial score (nSPS) is 10.2. The van der Waals surface area contributed by atoms with Gasteiger partial charge in [0.1, 0.15) is 0 Å². The summed E-state index contributed by atoms with van der Waals surface area (Å²) in [5.74, 6) is 0. The molecule has 0 amide bonds. The van der Waals surface area contributed by atoms with E-state index in [4.69, 9.17) is 5.26 Å². The Labute approximate surface area is 103 Å². The molecule has 1 aromatic heterocycles. The highest BCUT2D eigenvalue weighted by Gasteiger charge is 2.02. The first-order chi connectivity index (χ1) is 8.26. The van der Waals surface area contributed by atoms with Gasteiger partial charge in [0.25, 0.3) is 0 Å². The minimum atomic E-state index is 0.560. The molecule has 1 aromatic rings. The van der Waals surface area contributed by atoms with Crippen LogP contribution in [0, 0.1) is 11.3 Å². The van der Waals surface area contributed by atoms with Crippen molar-refractivity contribution in [3.05, 3.63) is 24.0 Å². The monoisotopic (exact) mass is 232 g/mol. The fourth-order valence-corrected chi connectivity index (χ4v) is 1.54. The summed E-state index contributed by atoms with van der Waals surface area (Å²) < 4.78 is 0. The number of aromatic nitrogens is 1. The van der Waals surface area contributed by atoms with Gasteiger partial charge in [-0.3, -0.25) is 9.88 Å². The van der Waals surface area contributed by atoms with Gasteiger partial charge in [0.2, 0.25) is 0 Å². The lowest BCUT2D eigenvalue weighted by atomic mass is 10.3. The second-order valence-corrected chi connectivity index (χ2v) is 4.11. The molecular weight excluding hydrogens is 212 g/mol. The number of nitriles is 1. The molecule has 1 N–H and O–H groups in total. The first-order valence-electron chi connectivity index (χ1n) is 6.00. The molecule has 0 saturated heterocycles. The Bertz CT molecular complexity index is 370. The predicted octanol–water partition coefficient (Wildman–Crippen LogP) is 2.25. The van der Waals surface area contributed by atoms with Crippen molar-refractivity contribution in [3.8, 4) is 6.07 Å². The molecule has 0 spiro atoms. The van der Waals surface area contributed by atoms with Crippen molar-refractivity contribution in [2.24, 2.45) is 0 Å². The maximum atomic E-state index is 8.52. The highest BCUT2D eigenvalue weighted by Crippen LogP contribution is 2.09. The van der Waals surface area contributed by atoms with Crippen molar-refractivity contribution in [1.29, 1.82) is 5.26 Å². The van der Waals surface area contributed by atoms with Crippen LogP contribution in [0.15, 0.2) is 18.3 Å². The van der Waals surface area contributed by atoms with Crippen LogP contribution < -0.4 is 5.32 Å². The molecule has 0 aromatic carbocycles. The van der Waals surface area contributed by atoms with Crippen LogP contribution in [-0.4, -0.2) is 30.0 Å². The van der Waals surface area contributed by atoms with E-state index in [2.05, 4.69) is 34.3 Å². The van der Waals surface area contributed by atoms with Crippen molar-refractivity contribution in [2.75, 3.05) is 25.5 Å². The quantitative estimate of drug-likeness (QED) is 0.783. The molecule has 0 atom stereocenters. The third kappa shape index (κ3) is 5.32. The SMILES string of the molecule is CCCNc1ccnc(CN(C)CCC#N)c1. The topological polar surface area (TPSA) is 52.0 Å². The van der Waals surface area contributed by atoms with Crippen LogP contribution in [0.4, 0.5) is 5.69 Å². The minimum Gasteiger partial charge on any atom is -0.385 e. The molecule has 0 aliphatic carbocycles. The zero-order chi connectivity index (χ0) is 12.5. The number of nitrogens with one attached hydrogen (secondary N) is 1. The van der Waals surface area contributed by atoms with Gasteiger partial charge >= 0.3 is 0 Å². The standard InChI is InChI=1S/C13H20N4/c1-3-7-15-12-5-8-16-13(10-12)11-17(2)9-4-6-14/h5,8,10H,3-4,7,9,11H2,1-2H3,(H,15,16). The van der Waals surface area contributed by atoms with Crippen LogP contribution >= 0.6 is 0 Å². The summed E-state index contributed by atoms with van der Waals surface area (Å²) in [7, 11) is 2.01. The summed E-state index contributed by atoms with van der Waals surface area (Å²) in [6.45, 7) is 4.69. The van der Waals surface area contributed by atoms with Gasteiger partial charge in [0.05, 0.1) is 11.8 Å². The highest BCUT2D eigenvalue weighted by molar-refractivity contribution is 5.43. The van der Waals surface area contributed by atoms with Gasteiger partial charge in [0, 0.05) is 37.9 Å². The summed E-state index contributed by atoms with van der Waals surface area (Å²) in [4.78, 5) is 6.44. The zero-order valence-corrected chi connectivity index (χ0v) is 10.6. The van der Waals surface area contributed by atoms with Crippen LogP contribution in [0.1, 0.15) is 25.5 Å². The maximum absolute atomic E-state index is 8.52. The van der Waals surface area contributed by atoms with E-state index in [1.54, 1.807) is 0 Å². The first kappa shape index (κ1) is 13.5. The minimum absolute atomic E-state index is 0.560. The molecule has 4 heteroatoms. The zero-order valence-electron chi connectivity index (χ0n) is 10.6. The molecule has 0 unspecified atom stereocenters. The summed E-state index contributed by atoms with van der Waals surface area (Å²) in [5, 5.41) is 11.9. The van der Waals surface area contributed by atoms with E-state index in [0.29, 0.717) is 6.42 Å². The van der Waals surface area contributed by atoms with Gasteiger partial charge in [-0.1, -0.05) is 6.92 Å². The van der Waals surface area contributed by atoms with Crippen molar-refractivity contribution >= 4 is 5.69 Å². The Morgan fingerprint density at radius 3 is 3.06 bits per heavy atom. The maximum Gasteiger partial charge on any atom is 0.0635 e. The summed E-state index contributed by atoms with van der Waals surface area (Å²) in [6.07, 6.45) is 3.50. The summed E-state index contributed by atoms with van der Waals surface area (Å²) >= 11 is 0. The Hall–Kier alpha value is -1.60. The Morgan fingerprint density at radius 2 is 2.35 bits per heavy atom. The first-order valence-corrected chi connectivity index (χ1v) is 6.00. The molecule has 0 saturated carbocycles. The summed E-state index contributed by atoms with van der Waals surface area (Å²) in [5.41, 5.74) is 2.15. The molecule has 4 nitrogen and oxygen atoms in total. The van der Waals surface area contributed by atoms with Crippen molar-refractivity contribution in [1.82, 2.24) is 9.88 Å². The molecule has 0 bridgehead atoms.